The van der Waals surface area contributed by atoms with Crippen molar-refractivity contribution in [3.05, 3.63) is 54.3 Å². The Morgan fingerprint density at radius 1 is 1.22 bits per heavy atom. The maximum atomic E-state index is 13.0. The topological polar surface area (TPSA) is 63.5 Å². The van der Waals surface area contributed by atoms with E-state index in [1.54, 1.807) is 7.11 Å². The second-order valence-electron chi connectivity index (χ2n) is 6.55. The number of halogens is 1. The predicted octanol–water partition coefficient (Wildman–Crippen LogP) is 4.01. The highest BCUT2D eigenvalue weighted by molar-refractivity contribution is 6.08. The Balaban J connectivity index is 0.00000210. The number of methoxy groups -OCH3 is 1. The van der Waals surface area contributed by atoms with Gasteiger partial charge in [-0.05, 0) is 37.1 Å². The largest absolute Gasteiger partial charge is 0.497 e. The highest BCUT2D eigenvalue weighted by Crippen LogP contribution is 2.36. The van der Waals surface area contributed by atoms with Crippen molar-refractivity contribution >= 4 is 29.3 Å². The summed E-state index contributed by atoms with van der Waals surface area (Å²) in [7, 11) is 1.62. The molecular formula is C21H23ClN2O3. The first-order valence-corrected chi connectivity index (χ1v) is 8.94. The molecule has 4 rings (SSSR count). The van der Waals surface area contributed by atoms with Gasteiger partial charge in [-0.3, -0.25) is 4.79 Å². The number of furan rings is 1. The highest BCUT2D eigenvalue weighted by atomic mass is 35.5. The molecule has 0 spiro atoms. The fourth-order valence-electron chi connectivity index (χ4n) is 3.48. The molecule has 2 aromatic carbocycles. The van der Waals surface area contributed by atoms with E-state index in [1.807, 2.05) is 48.5 Å². The number of hydrogen-bond acceptors (Lipinski definition) is 4. The van der Waals surface area contributed by atoms with Crippen LogP contribution in [0.15, 0.2) is 52.9 Å². The minimum atomic E-state index is -0.173. The molecule has 0 unspecified atom stereocenters. The van der Waals surface area contributed by atoms with Crippen molar-refractivity contribution in [1.82, 2.24) is 10.6 Å². The van der Waals surface area contributed by atoms with Gasteiger partial charge >= 0.3 is 0 Å². The standard InChI is InChI=1S/C21H22N2O3.ClH/c1-25-16-9-10-17-18(12-16)26-20(19(17)14-6-3-2-4-7-14)21(24)23-15-8-5-11-22-13-15;/h2-4,6-7,9-10,12,15,22H,5,8,11,13H2,1H3,(H,23,24);1H/t15-;/m0./s1. The highest BCUT2D eigenvalue weighted by Gasteiger charge is 2.24. The third-order valence-electron chi connectivity index (χ3n) is 4.80. The van der Waals surface area contributed by atoms with Gasteiger partial charge in [-0.1, -0.05) is 30.3 Å². The molecule has 27 heavy (non-hydrogen) atoms. The van der Waals surface area contributed by atoms with Crippen molar-refractivity contribution < 1.29 is 13.9 Å². The van der Waals surface area contributed by atoms with Crippen LogP contribution in [-0.2, 0) is 0 Å². The van der Waals surface area contributed by atoms with E-state index < -0.39 is 0 Å². The van der Waals surface area contributed by atoms with E-state index in [9.17, 15) is 4.79 Å². The van der Waals surface area contributed by atoms with Gasteiger partial charge in [0.1, 0.15) is 11.3 Å². The summed E-state index contributed by atoms with van der Waals surface area (Å²) in [5.74, 6) is 0.882. The normalized spacial score (nSPS) is 16.6. The van der Waals surface area contributed by atoms with Gasteiger partial charge in [0.25, 0.3) is 5.91 Å². The number of nitrogens with one attached hydrogen (secondary N) is 2. The predicted molar refractivity (Wildman–Crippen MR) is 109 cm³/mol. The van der Waals surface area contributed by atoms with Crippen LogP contribution >= 0.6 is 12.4 Å². The number of ether oxygens (including phenoxy) is 1. The minimum Gasteiger partial charge on any atom is -0.497 e. The van der Waals surface area contributed by atoms with Crippen molar-refractivity contribution in [2.45, 2.75) is 18.9 Å². The summed E-state index contributed by atoms with van der Waals surface area (Å²) in [5.41, 5.74) is 2.43. The average molecular weight is 387 g/mol. The average Bonchev–Trinajstić information content (AvgIpc) is 3.08. The van der Waals surface area contributed by atoms with Crippen molar-refractivity contribution in [3.63, 3.8) is 0 Å². The number of carbonyl (C=O) groups excluding carboxylic acids is 1. The van der Waals surface area contributed by atoms with Crippen molar-refractivity contribution in [1.29, 1.82) is 0 Å². The third kappa shape index (κ3) is 3.94. The smallest absolute Gasteiger partial charge is 0.287 e. The number of piperidine rings is 1. The molecule has 0 bridgehead atoms. The zero-order valence-electron chi connectivity index (χ0n) is 15.2. The molecule has 1 saturated heterocycles. The van der Waals surface area contributed by atoms with E-state index >= 15 is 0 Å². The maximum Gasteiger partial charge on any atom is 0.287 e. The molecule has 2 N–H and O–H groups in total. The Morgan fingerprint density at radius 3 is 2.74 bits per heavy atom. The van der Waals surface area contributed by atoms with Crippen LogP contribution in [-0.4, -0.2) is 32.1 Å². The van der Waals surface area contributed by atoms with Crippen LogP contribution in [0.3, 0.4) is 0 Å². The Kier molecular flexibility index (Phi) is 6.04. The molecule has 3 aromatic rings. The lowest BCUT2D eigenvalue weighted by atomic mass is 10.0. The number of amides is 1. The molecule has 1 fully saturated rings. The number of benzene rings is 2. The molecule has 6 heteroatoms. The number of hydrogen-bond donors (Lipinski definition) is 2. The first kappa shape index (κ1) is 19.3. The van der Waals surface area contributed by atoms with Gasteiger partial charge in [0.2, 0.25) is 5.76 Å². The van der Waals surface area contributed by atoms with Crippen LogP contribution in [0.5, 0.6) is 5.75 Å². The summed E-state index contributed by atoms with van der Waals surface area (Å²) in [4.78, 5) is 13.0. The van der Waals surface area contributed by atoms with Crippen LogP contribution in [0, 0.1) is 0 Å². The fraction of sp³-hybridized carbons (Fsp3) is 0.286. The van der Waals surface area contributed by atoms with E-state index in [0.717, 1.165) is 42.4 Å². The van der Waals surface area contributed by atoms with Gasteiger partial charge in [-0.25, -0.2) is 0 Å². The van der Waals surface area contributed by atoms with E-state index in [0.29, 0.717) is 17.1 Å². The van der Waals surface area contributed by atoms with Crippen molar-refractivity contribution in [2.24, 2.45) is 0 Å². The first-order chi connectivity index (χ1) is 12.8. The minimum absolute atomic E-state index is 0. The Morgan fingerprint density at radius 2 is 2.04 bits per heavy atom. The third-order valence-corrected chi connectivity index (χ3v) is 4.80. The Labute approximate surface area is 164 Å². The van der Waals surface area contributed by atoms with E-state index in [1.165, 1.54) is 0 Å². The molecule has 1 aromatic heterocycles. The van der Waals surface area contributed by atoms with Crippen LogP contribution in [0.1, 0.15) is 23.4 Å². The van der Waals surface area contributed by atoms with E-state index in [-0.39, 0.29) is 24.4 Å². The quantitative estimate of drug-likeness (QED) is 0.711. The lowest BCUT2D eigenvalue weighted by Gasteiger charge is -2.23. The Bertz CT molecular complexity index is 918. The summed E-state index contributed by atoms with van der Waals surface area (Å²) in [5, 5.41) is 7.33. The van der Waals surface area contributed by atoms with Gasteiger partial charge in [-0.2, -0.15) is 0 Å². The van der Waals surface area contributed by atoms with Gasteiger partial charge in [0.05, 0.1) is 7.11 Å². The SMILES string of the molecule is COc1ccc2c(-c3ccccc3)c(C(=O)N[C@H]3CCCNC3)oc2c1.Cl. The molecule has 0 saturated carbocycles. The number of rotatable bonds is 4. The summed E-state index contributed by atoms with van der Waals surface area (Å²) in [6, 6.07) is 15.6. The van der Waals surface area contributed by atoms with E-state index in [2.05, 4.69) is 10.6 Å². The zero-order valence-corrected chi connectivity index (χ0v) is 16.0. The molecule has 1 amide bonds. The maximum absolute atomic E-state index is 13.0. The summed E-state index contributed by atoms with van der Waals surface area (Å²) >= 11 is 0. The van der Waals surface area contributed by atoms with Crippen LogP contribution in [0.25, 0.3) is 22.1 Å². The molecule has 1 atom stereocenters. The van der Waals surface area contributed by atoms with Crippen LogP contribution in [0.2, 0.25) is 0 Å². The van der Waals surface area contributed by atoms with Crippen molar-refractivity contribution in [2.75, 3.05) is 20.2 Å². The lowest BCUT2D eigenvalue weighted by molar-refractivity contribution is 0.0905. The Hall–Kier alpha value is -2.50. The number of carbonyl (C=O) groups is 1. The molecule has 0 aliphatic carbocycles. The molecule has 142 valence electrons. The van der Waals surface area contributed by atoms with Gasteiger partial charge < -0.3 is 19.8 Å². The second kappa shape index (κ2) is 8.46. The van der Waals surface area contributed by atoms with Crippen molar-refractivity contribution in [3.8, 4) is 16.9 Å². The van der Waals surface area contributed by atoms with Gasteiger partial charge in [0, 0.05) is 29.6 Å². The summed E-state index contributed by atoms with van der Waals surface area (Å²) < 4.78 is 11.3. The van der Waals surface area contributed by atoms with Crippen LogP contribution < -0.4 is 15.4 Å². The molecule has 5 nitrogen and oxygen atoms in total. The molecule has 1 aliphatic rings. The molecular weight excluding hydrogens is 364 g/mol. The van der Waals surface area contributed by atoms with Gasteiger partial charge in [0.15, 0.2) is 0 Å². The molecule has 2 heterocycles. The monoisotopic (exact) mass is 386 g/mol. The molecule has 1 aliphatic heterocycles. The fourth-order valence-corrected chi connectivity index (χ4v) is 3.48. The number of fused-ring (bicyclic) bond motifs is 1. The second-order valence-corrected chi connectivity index (χ2v) is 6.55. The zero-order chi connectivity index (χ0) is 17.9. The summed E-state index contributed by atoms with van der Waals surface area (Å²) in [6.45, 7) is 1.80. The molecule has 0 radical (unpaired) electrons. The van der Waals surface area contributed by atoms with Crippen LogP contribution in [0.4, 0.5) is 0 Å². The summed E-state index contributed by atoms with van der Waals surface area (Å²) in [6.07, 6.45) is 2.04. The van der Waals surface area contributed by atoms with E-state index in [4.69, 9.17) is 9.15 Å². The van der Waals surface area contributed by atoms with Gasteiger partial charge in [-0.15, -0.1) is 12.4 Å². The lowest BCUT2D eigenvalue weighted by Crippen LogP contribution is -2.45. The first-order valence-electron chi connectivity index (χ1n) is 8.94.